The van der Waals surface area contributed by atoms with Crippen molar-refractivity contribution in [3.8, 4) is 0 Å². The maximum Gasteiger partial charge on any atom is 0.265 e. The Bertz CT molecular complexity index is 566. The van der Waals surface area contributed by atoms with E-state index in [0.717, 1.165) is 0 Å². The number of thiophene rings is 1. The number of anilines is 1. The van der Waals surface area contributed by atoms with E-state index in [1.807, 2.05) is 12.1 Å². The fourth-order valence-corrected chi connectivity index (χ4v) is 2.53. The summed E-state index contributed by atoms with van der Waals surface area (Å²) in [6.07, 6.45) is -0.631. The lowest BCUT2D eigenvalue weighted by Gasteiger charge is -2.12. The van der Waals surface area contributed by atoms with Gasteiger partial charge in [0.2, 0.25) is 0 Å². The average Bonchev–Trinajstić information content (AvgIpc) is 2.76. The Morgan fingerprint density at radius 3 is 2.67 bits per heavy atom. The molecule has 1 aromatic carbocycles. The molecule has 0 fully saturated rings. The summed E-state index contributed by atoms with van der Waals surface area (Å²) in [6, 6.07) is 10.5. The van der Waals surface area contributed by atoms with Gasteiger partial charge in [-0.15, -0.1) is 11.3 Å². The number of para-hydroxylation sites is 1. The van der Waals surface area contributed by atoms with Crippen molar-refractivity contribution < 1.29 is 9.90 Å². The number of amides is 1. The highest BCUT2D eigenvalue weighted by molar-refractivity contribution is 7.18. The highest BCUT2D eigenvalue weighted by Gasteiger charge is 2.12. The molecule has 0 aliphatic rings. The molecule has 0 radical (unpaired) electrons. The van der Waals surface area contributed by atoms with Gasteiger partial charge in [-0.1, -0.05) is 29.8 Å². The Morgan fingerprint density at radius 2 is 2.06 bits per heavy atom. The van der Waals surface area contributed by atoms with Crippen LogP contribution in [0.5, 0.6) is 0 Å². The van der Waals surface area contributed by atoms with E-state index in [1.54, 1.807) is 31.2 Å². The number of rotatable bonds is 3. The van der Waals surface area contributed by atoms with Gasteiger partial charge in [0.05, 0.1) is 15.3 Å². The van der Waals surface area contributed by atoms with E-state index in [-0.39, 0.29) is 5.91 Å². The third-order valence-corrected chi connectivity index (χ3v) is 3.69. The first kappa shape index (κ1) is 13.1. The molecule has 0 aliphatic carbocycles. The molecule has 2 rings (SSSR count). The van der Waals surface area contributed by atoms with E-state index in [2.05, 4.69) is 5.32 Å². The van der Waals surface area contributed by atoms with Crippen LogP contribution < -0.4 is 5.32 Å². The average molecular weight is 282 g/mol. The van der Waals surface area contributed by atoms with E-state index in [9.17, 15) is 9.90 Å². The van der Waals surface area contributed by atoms with Crippen molar-refractivity contribution in [1.82, 2.24) is 0 Å². The summed E-state index contributed by atoms with van der Waals surface area (Å²) in [7, 11) is 0. The molecule has 2 N–H and O–H groups in total. The first-order chi connectivity index (χ1) is 8.58. The van der Waals surface area contributed by atoms with Gasteiger partial charge in [0.25, 0.3) is 5.91 Å². The van der Waals surface area contributed by atoms with E-state index in [4.69, 9.17) is 11.6 Å². The zero-order chi connectivity index (χ0) is 13.1. The second-order valence-corrected chi connectivity index (χ2v) is 5.54. The molecule has 1 aromatic heterocycles. The second kappa shape index (κ2) is 5.52. The lowest BCUT2D eigenvalue weighted by atomic mass is 10.1. The normalized spacial score (nSPS) is 12.2. The number of hydrogen-bond donors (Lipinski definition) is 2. The van der Waals surface area contributed by atoms with Gasteiger partial charge in [0, 0.05) is 11.3 Å². The minimum Gasteiger partial charge on any atom is -0.389 e. The maximum absolute atomic E-state index is 12.0. The first-order valence-electron chi connectivity index (χ1n) is 5.41. The van der Waals surface area contributed by atoms with Gasteiger partial charge in [-0.05, 0) is 25.1 Å². The summed E-state index contributed by atoms with van der Waals surface area (Å²) < 4.78 is 0.573. The quantitative estimate of drug-likeness (QED) is 0.901. The fourth-order valence-electron chi connectivity index (χ4n) is 1.60. The third kappa shape index (κ3) is 2.90. The van der Waals surface area contributed by atoms with Crippen LogP contribution in [0.1, 0.15) is 28.3 Å². The fraction of sp³-hybridized carbons (Fsp3) is 0.154. The number of halogens is 1. The molecule has 2 aromatic rings. The van der Waals surface area contributed by atoms with Gasteiger partial charge in [0.1, 0.15) is 0 Å². The number of aliphatic hydroxyl groups excluding tert-OH is 1. The van der Waals surface area contributed by atoms with Gasteiger partial charge in [0.15, 0.2) is 0 Å². The summed E-state index contributed by atoms with van der Waals surface area (Å²) >= 11 is 7.01. The summed E-state index contributed by atoms with van der Waals surface area (Å²) in [6.45, 7) is 1.66. The lowest BCUT2D eigenvalue weighted by Crippen LogP contribution is -2.12. The van der Waals surface area contributed by atoms with Crippen LogP contribution in [0.3, 0.4) is 0 Å². The minimum atomic E-state index is -0.631. The molecule has 0 aliphatic heterocycles. The molecule has 18 heavy (non-hydrogen) atoms. The van der Waals surface area contributed by atoms with Crippen LogP contribution in [0, 0.1) is 0 Å². The van der Waals surface area contributed by atoms with Gasteiger partial charge in [-0.25, -0.2) is 0 Å². The van der Waals surface area contributed by atoms with Crippen LogP contribution in [-0.2, 0) is 0 Å². The summed E-state index contributed by atoms with van der Waals surface area (Å²) in [5.41, 5.74) is 1.30. The summed E-state index contributed by atoms with van der Waals surface area (Å²) in [4.78, 5) is 12.5. The highest BCUT2D eigenvalue weighted by Crippen LogP contribution is 2.25. The molecule has 0 saturated carbocycles. The van der Waals surface area contributed by atoms with E-state index < -0.39 is 6.10 Å². The van der Waals surface area contributed by atoms with Gasteiger partial charge in [-0.2, -0.15) is 0 Å². The predicted molar refractivity (Wildman–Crippen MR) is 74.4 cm³/mol. The van der Waals surface area contributed by atoms with Gasteiger partial charge < -0.3 is 10.4 Å². The summed E-state index contributed by atoms with van der Waals surface area (Å²) in [5, 5.41) is 12.4. The molecule has 1 atom stereocenters. The number of benzene rings is 1. The molecule has 5 heteroatoms. The molecule has 1 unspecified atom stereocenters. The first-order valence-corrected chi connectivity index (χ1v) is 6.61. The van der Waals surface area contributed by atoms with Crippen molar-refractivity contribution in [3.05, 3.63) is 51.2 Å². The van der Waals surface area contributed by atoms with Crippen molar-refractivity contribution in [1.29, 1.82) is 0 Å². The zero-order valence-corrected chi connectivity index (χ0v) is 11.3. The molecule has 1 heterocycles. The molecule has 1 amide bonds. The molecule has 0 saturated heterocycles. The van der Waals surface area contributed by atoms with Crippen LogP contribution >= 0.6 is 22.9 Å². The SMILES string of the molecule is CC(O)c1ccccc1NC(=O)c1ccc(Cl)s1. The smallest absolute Gasteiger partial charge is 0.265 e. The van der Waals surface area contributed by atoms with Crippen LogP contribution in [-0.4, -0.2) is 11.0 Å². The van der Waals surface area contributed by atoms with E-state index >= 15 is 0 Å². The lowest BCUT2D eigenvalue weighted by molar-refractivity contribution is 0.103. The van der Waals surface area contributed by atoms with Crippen LogP contribution in [0.2, 0.25) is 4.34 Å². The molecular weight excluding hydrogens is 270 g/mol. The minimum absolute atomic E-state index is 0.222. The molecular formula is C13H12ClNO2S. The predicted octanol–water partition coefficient (Wildman–Crippen LogP) is 3.71. The number of nitrogens with one attached hydrogen (secondary N) is 1. The Balaban J connectivity index is 2.22. The summed E-state index contributed by atoms with van der Waals surface area (Å²) in [5.74, 6) is -0.222. The Morgan fingerprint density at radius 1 is 1.33 bits per heavy atom. The number of hydrogen-bond acceptors (Lipinski definition) is 3. The topological polar surface area (TPSA) is 49.3 Å². The van der Waals surface area contributed by atoms with Crippen molar-refractivity contribution in [3.63, 3.8) is 0 Å². The number of carbonyl (C=O) groups excluding carboxylic acids is 1. The Hall–Kier alpha value is -1.36. The van der Waals surface area contributed by atoms with Crippen LogP contribution in [0.4, 0.5) is 5.69 Å². The van der Waals surface area contributed by atoms with Crippen LogP contribution in [0.15, 0.2) is 36.4 Å². The van der Waals surface area contributed by atoms with Crippen molar-refractivity contribution >= 4 is 34.5 Å². The monoisotopic (exact) mass is 281 g/mol. The largest absolute Gasteiger partial charge is 0.389 e. The van der Waals surface area contributed by atoms with E-state index in [1.165, 1.54) is 11.3 Å². The molecule has 3 nitrogen and oxygen atoms in total. The van der Waals surface area contributed by atoms with Gasteiger partial charge in [-0.3, -0.25) is 4.79 Å². The maximum atomic E-state index is 12.0. The zero-order valence-electron chi connectivity index (χ0n) is 9.68. The number of aliphatic hydroxyl groups is 1. The van der Waals surface area contributed by atoms with Crippen molar-refractivity contribution in [2.24, 2.45) is 0 Å². The third-order valence-electron chi connectivity index (χ3n) is 2.46. The van der Waals surface area contributed by atoms with Crippen molar-refractivity contribution in [2.75, 3.05) is 5.32 Å². The highest BCUT2D eigenvalue weighted by atomic mass is 35.5. The standard InChI is InChI=1S/C13H12ClNO2S/c1-8(16)9-4-2-3-5-10(9)15-13(17)11-6-7-12(14)18-11/h2-8,16H,1H3,(H,15,17). The van der Waals surface area contributed by atoms with Crippen LogP contribution in [0.25, 0.3) is 0 Å². The molecule has 94 valence electrons. The Labute approximate surface area is 114 Å². The van der Waals surface area contributed by atoms with Gasteiger partial charge >= 0.3 is 0 Å². The Kier molecular flexibility index (Phi) is 4.01. The molecule has 0 spiro atoms. The van der Waals surface area contributed by atoms with Crippen molar-refractivity contribution in [2.45, 2.75) is 13.0 Å². The number of carbonyl (C=O) groups is 1. The molecule has 0 bridgehead atoms. The van der Waals surface area contributed by atoms with E-state index in [0.29, 0.717) is 20.5 Å². The second-order valence-electron chi connectivity index (χ2n) is 3.82.